The molecule has 2 heterocycles. The number of hydrogen-bond donors (Lipinski definition) is 1. The summed E-state index contributed by atoms with van der Waals surface area (Å²) < 4.78 is 0. The molecule has 134 valence electrons. The van der Waals surface area contributed by atoms with E-state index in [0.29, 0.717) is 5.13 Å². The number of thioether (sulfide) groups is 1. The highest BCUT2D eigenvalue weighted by molar-refractivity contribution is 7.99. The van der Waals surface area contributed by atoms with Crippen molar-refractivity contribution in [2.45, 2.75) is 17.9 Å². The molecule has 0 bridgehead atoms. The molecule has 1 fully saturated rings. The maximum atomic E-state index is 12.3. The van der Waals surface area contributed by atoms with Crippen molar-refractivity contribution in [2.24, 2.45) is 0 Å². The van der Waals surface area contributed by atoms with E-state index >= 15 is 0 Å². The summed E-state index contributed by atoms with van der Waals surface area (Å²) in [5.41, 5.74) is 0. The largest absolute Gasteiger partial charge is 0.301 e. The molecule has 1 amide bonds. The van der Waals surface area contributed by atoms with Crippen molar-refractivity contribution in [1.82, 2.24) is 14.8 Å². The highest BCUT2D eigenvalue weighted by Gasteiger charge is 2.25. The lowest BCUT2D eigenvalue weighted by Gasteiger charge is -2.37. The van der Waals surface area contributed by atoms with Gasteiger partial charge in [0.05, 0.1) is 6.04 Å². The number of carbonyl (C=O) groups excluding carboxylic acids is 1. The van der Waals surface area contributed by atoms with Crippen LogP contribution in [0.15, 0.2) is 46.8 Å². The standard InChI is InChI=1S/C18H24N4OS2/c1-15(17(23)20-18-19-7-13-25-18)22-10-8-21(9-11-22)12-14-24-16-5-3-2-4-6-16/h2-7,13,15H,8-12,14H2,1H3,(H,19,20,23). The summed E-state index contributed by atoms with van der Waals surface area (Å²) in [5, 5.41) is 5.43. The molecule has 5 nitrogen and oxygen atoms in total. The van der Waals surface area contributed by atoms with Gasteiger partial charge < -0.3 is 5.32 Å². The minimum atomic E-state index is -0.121. The van der Waals surface area contributed by atoms with E-state index in [9.17, 15) is 4.79 Å². The third kappa shape index (κ3) is 5.54. The third-order valence-electron chi connectivity index (χ3n) is 4.42. The lowest BCUT2D eigenvalue weighted by atomic mass is 10.2. The first kappa shape index (κ1) is 18.4. The molecule has 0 aliphatic carbocycles. The Balaban J connectivity index is 1.37. The first-order chi connectivity index (χ1) is 12.2. The van der Waals surface area contributed by atoms with Crippen LogP contribution >= 0.6 is 23.1 Å². The highest BCUT2D eigenvalue weighted by atomic mass is 32.2. The van der Waals surface area contributed by atoms with Crippen LogP contribution in [0.2, 0.25) is 0 Å². The van der Waals surface area contributed by atoms with E-state index < -0.39 is 0 Å². The highest BCUT2D eigenvalue weighted by Crippen LogP contribution is 2.18. The number of piperazine rings is 1. The normalized spacial score (nSPS) is 17.3. The predicted molar refractivity (Wildman–Crippen MR) is 105 cm³/mol. The molecular weight excluding hydrogens is 352 g/mol. The Morgan fingerprint density at radius 2 is 2.04 bits per heavy atom. The number of rotatable bonds is 7. The minimum absolute atomic E-state index is 0.0306. The number of aromatic nitrogens is 1. The second-order valence-electron chi connectivity index (χ2n) is 6.04. The molecule has 0 radical (unpaired) electrons. The number of hydrogen-bond acceptors (Lipinski definition) is 6. The van der Waals surface area contributed by atoms with Gasteiger partial charge in [-0.1, -0.05) is 18.2 Å². The van der Waals surface area contributed by atoms with Gasteiger partial charge in [-0.15, -0.1) is 23.1 Å². The Labute approximate surface area is 157 Å². The second kappa shape index (κ2) is 9.33. The van der Waals surface area contributed by atoms with E-state index in [0.717, 1.165) is 38.5 Å². The molecule has 0 spiro atoms. The fourth-order valence-electron chi connectivity index (χ4n) is 2.84. The maximum absolute atomic E-state index is 12.3. The molecule has 1 aliphatic rings. The number of thiazole rings is 1. The number of nitrogens with zero attached hydrogens (tertiary/aromatic N) is 3. The van der Waals surface area contributed by atoms with Crippen molar-refractivity contribution < 1.29 is 4.79 Å². The molecule has 7 heteroatoms. The van der Waals surface area contributed by atoms with Gasteiger partial charge in [-0.2, -0.15) is 0 Å². The summed E-state index contributed by atoms with van der Waals surface area (Å²) in [4.78, 5) is 22.5. The number of nitrogens with one attached hydrogen (secondary N) is 1. The van der Waals surface area contributed by atoms with E-state index in [4.69, 9.17) is 0 Å². The van der Waals surface area contributed by atoms with Crippen molar-refractivity contribution in [1.29, 1.82) is 0 Å². The van der Waals surface area contributed by atoms with Crippen molar-refractivity contribution in [2.75, 3.05) is 43.8 Å². The van der Waals surface area contributed by atoms with Gasteiger partial charge in [0.1, 0.15) is 0 Å². The van der Waals surface area contributed by atoms with E-state index in [1.807, 2.05) is 24.1 Å². The van der Waals surface area contributed by atoms with Crippen molar-refractivity contribution >= 4 is 34.1 Å². The Hall–Kier alpha value is -1.41. The Bertz CT molecular complexity index is 642. The molecule has 1 atom stereocenters. The number of amides is 1. The first-order valence-electron chi connectivity index (χ1n) is 8.57. The van der Waals surface area contributed by atoms with Gasteiger partial charge in [-0.05, 0) is 19.1 Å². The van der Waals surface area contributed by atoms with Crippen molar-refractivity contribution in [3.63, 3.8) is 0 Å². The van der Waals surface area contributed by atoms with Crippen LogP contribution in [0.5, 0.6) is 0 Å². The van der Waals surface area contributed by atoms with E-state index in [1.54, 1.807) is 6.20 Å². The van der Waals surface area contributed by atoms with E-state index in [-0.39, 0.29) is 11.9 Å². The van der Waals surface area contributed by atoms with Crippen LogP contribution in [0.3, 0.4) is 0 Å². The molecule has 1 N–H and O–H groups in total. The summed E-state index contributed by atoms with van der Waals surface area (Å²) in [6.07, 6.45) is 1.71. The number of anilines is 1. The summed E-state index contributed by atoms with van der Waals surface area (Å²) in [6.45, 7) is 6.97. The van der Waals surface area contributed by atoms with Gasteiger partial charge in [0.25, 0.3) is 0 Å². The zero-order valence-corrected chi connectivity index (χ0v) is 16.1. The average molecular weight is 377 g/mol. The third-order valence-corrected chi connectivity index (χ3v) is 6.10. The summed E-state index contributed by atoms with van der Waals surface area (Å²) in [5.74, 6) is 1.13. The van der Waals surface area contributed by atoms with Gasteiger partial charge in [0.2, 0.25) is 5.91 Å². The van der Waals surface area contributed by atoms with Gasteiger partial charge in [0, 0.05) is 54.9 Å². The Morgan fingerprint density at radius 3 is 2.72 bits per heavy atom. The zero-order chi connectivity index (χ0) is 17.5. The number of carbonyl (C=O) groups is 1. The van der Waals surface area contributed by atoms with Gasteiger partial charge >= 0.3 is 0 Å². The average Bonchev–Trinajstić information content (AvgIpc) is 3.15. The molecule has 1 unspecified atom stereocenters. The topological polar surface area (TPSA) is 48.5 Å². The minimum Gasteiger partial charge on any atom is -0.301 e. The molecule has 1 saturated heterocycles. The lowest BCUT2D eigenvalue weighted by Crippen LogP contribution is -2.53. The molecule has 25 heavy (non-hydrogen) atoms. The smallest absolute Gasteiger partial charge is 0.243 e. The van der Waals surface area contributed by atoms with E-state index in [1.165, 1.54) is 16.2 Å². The lowest BCUT2D eigenvalue weighted by molar-refractivity contribution is -0.121. The van der Waals surface area contributed by atoms with Crippen LogP contribution in [-0.4, -0.2) is 65.2 Å². The summed E-state index contributed by atoms with van der Waals surface area (Å²) in [6, 6.07) is 10.4. The molecule has 1 aromatic carbocycles. The van der Waals surface area contributed by atoms with Gasteiger partial charge in [-0.25, -0.2) is 4.98 Å². The van der Waals surface area contributed by atoms with Gasteiger partial charge in [0.15, 0.2) is 5.13 Å². The maximum Gasteiger partial charge on any atom is 0.243 e. The molecule has 1 aliphatic heterocycles. The van der Waals surface area contributed by atoms with Crippen molar-refractivity contribution in [3.8, 4) is 0 Å². The zero-order valence-electron chi connectivity index (χ0n) is 14.4. The predicted octanol–water partition coefficient (Wildman–Crippen LogP) is 2.88. The second-order valence-corrected chi connectivity index (χ2v) is 8.10. The Kier molecular flexibility index (Phi) is 6.86. The molecule has 1 aromatic heterocycles. The van der Waals surface area contributed by atoms with E-state index in [2.05, 4.69) is 50.4 Å². The number of benzene rings is 1. The van der Waals surface area contributed by atoms with Crippen molar-refractivity contribution in [3.05, 3.63) is 41.9 Å². The van der Waals surface area contributed by atoms with Crippen LogP contribution in [0.1, 0.15) is 6.92 Å². The molecule has 2 aromatic rings. The molecule has 0 saturated carbocycles. The quantitative estimate of drug-likeness (QED) is 0.753. The SMILES string of the molecule is CC(C(=O)Nc1nccs1)N1CCN(CCSc2ccccc2)CC1. The monoisotopic (exact) mass is 376 g/mol. The van der Waals surface area contributed by atoms with Crippen LogP contribution in [0.25, 0.3) is 0 Å². The summed E-state index contributed by atoms with van der Waals surface area (Å²) in [7, 11) is 0. The van der Waals surface area contributed by atoms with Crippen LogP contribution in [0.4, 0.5) is 5.13 Å². The van der Waals surface area contributed by atoms with Crippen LogP contribution in [-0.2, 0) is 4.79 Å². The molecule has 3 rings (SSSR count). The summed E-state index contributed by atoms with van der Waals surface area (Å²) >= 11 is 3.35. The Morgan fingerprint density at radius 1 is 1.28 bits per heavy atom. The first-order valence-corrected chi connectivity index (χ1v) is 10.4. The van der Waals surface area contributed by atoms with Crippen LogP contribution in [0, 0.1) is 0 Å². The fraction of sp³-hybridized carbons (Fsp3) is 0.444. The van der Waals surface area contributed by atoms with Gasteiger partial charge in [-0.3, -0.25) is 14.6 Å². The van der Waals surface area contributed by atoms with Crippen LogP contribution < -0.4 is 5.32 Å². The molecular formula is C18H24N4OS2. The fourth-order valence-corrected chi connectivity index (χ4v) is 4.31.